The van der Waals surface area contributed by atoms with Crippen molar-refractivity contribution >= 4 is 49.6 Å². The first-order valence-electron chi connectivity index (χ1n) is 10.5. The summed E-state index contributed by atoms with van der Waals surface area (Å²) >= 11 is 7.29. The minimum atomic E-state index is -3.48. The third-order valence-corrected chi connectivity index (χ3v) is 7.67. The van der Waals surface area contributed by atoms with Crippen molar-refractivity contribution in [1.29, 1.82) is 0 Å². The van der Waals surface area contributed by atoms with Gasteiger partial charge < -0.3 is 10.1 Å². The van der Waals surface area contributed by atoms with Crippen LogP contribution in [0.5, 0.6) is 5.75 Å². The molecule has 0 radical (unpaired) electrons. The second-order valence-corrected chi connectivity index (χ2v) is 11.1. The van der Waals surface area contributed by atoms with Gasteiger partial charge in [0.05, 0.1) is 20.5 Å². The number of aromatic nitrogens is 1. The summed E-state index contributed by atoms with van der Waals surface area (Å²) in [5.41, 5.74) is 2.98. The normalized spacial score (nSPS) is 11.2. The fraction of sp³-hybridized carbons (Fsp3) is 0.120. The van der Waals surface area contributed by atoms with Crippen LogP contribution in [0.2, 0.25) is 5.02 Å². The van der Waals surface area contributed by atoms with E-state index in [1.807, 2.05) is 30.3 Å². The molecule has 2 N–H and O–H groups in total. The van der Waals surface area contributed by atoms with E-state index in [1.54, 1.807) is 43.3 Å². The number of rotatable bonds is 7. The molecule has 1 heterocycles. The number of amides is 2. The highest BCUT2D eigenvalue weighted by Crippen LogP contribution is 2.35. The Bertz CT molecular complexity index is 1450. The van der Waals surface area contributed by atoms with Crippen LogP contribution in [0, 0.1) is 6.92 Å². The summed E-state index contributed by atoms with van der Waals surface area (Å²) in [6.07, 6.45) is 1.11. The van der Waals surface area contributed by atoms with Gasteiger partial charge in [-0.1, -0.05) is 59.3 Å². The lowest BCUT2D eigenvalue weighted by atomic mass is 10.2. The van der Waals surface area contributed by atoms with Crippen molar-refractivity contribution in [2.45, 2.75) is 18.4 Å². The molecular weight excluding hydrogens is 506 g/mol. The Morgan fingerprint density at radius 3 is 2.43 bits per heavy atom. The van der Waals surface area contributed by atoms with Gasteiger partial charge in [0, 0.05) is 11.9 Å². The Balaban J connectivity index is 1.39. The van der Waals surface area contributed by atoms with Crippen molar-refractivity contribution in [2.75, 3.05) is 16.9 Å². The first-order valence-corrected chi connectivity index (χ1v) is 13.6. The number of carbonyl (C=O) groups is 1. The molecule has 0 aliphatic heterocycles. The maximum atomic E-state index is 12.5. The van der Waals surface area contributed by atoms with E-state index in [4.69, 9.17) is 16.3 Å². The smallest absolute Gasteiger partial charge is 0.325 e. The van der Waals surface area contributed by atoms with E-state index in [2.05, 4.69) is 15.6 Å². The summed E-state index contributed by atoms with van der Waals surface area (Å²) < 4.78 is 29.8. The summed E-state index contributed by atoms with van der Waals surface area (Å²) in [5.74, 6) is 0.691. The first-order chi connectivity index (χ1) is 16.7. The number of urea groups is 1. The molecule has 0 saturated heterocycles. The van der Waals surface area contributed by atoms with E-state index in [-0.39, 0.29) is 9.92 Å². The average molecular weight is 528 g/mol. The maximum absolute atomic E-state index is 12.5. The van der Waals surface area contributed by atoms with E-state index in [0.29, 0.717) is 34.4 Å². The van der Waals surface area contributed by atoms with Crippen LogP contribution >= 0.6 is 22.9 Å². The molecule has 4 rings (SSSR count). The van der Waals surface area contributed by atoms with Gasteiger partial charge in [-0.3, -0.25) is 5.32 Å². The van der Waals surface area contributed by atoms with Crippen LogP contribution in [0.1, 0.15) is 11.3 Å². The molecule has 0 unspecified atom stereocenters. The third kappa shape index (κ3) is 6.39. The minimum Gasteiger partial charge on any atom is -0.489 e. The van der Waals surface area contributed by atoms with Crippen LogP contribution in [0.15, 0.2) is 77.7 Å². The van der Waals surface area contributed by atoms with Gasteiger partial charge >= 0.3 is 6.03 Å². The lowest BCUT2D eigenvalue weighted by Gasteiger charge is -2.08. The Morgan fingerprint density at radius 2 is 1.74 bits per heavy atom. The van der Waals surface area contributed by atoms with E-state index < -0.39 is 15.9 Å². The van der Waals surface area contributed by atoms with Crippen molar-refractivity contribution < 1.29 is 17.9 Å². The van der Waals surface area contributed by atoms with Gasteiger partial charge in [-0.2, -0.15) is 0 Å². The van der Waals surface area contributed by atoms with E-state index in [1.165, 1.54) is 17.4 Å². The number of sulfone groups is 1. The molecule has 0 fully saturated rings. The number of nitrogens with one attached hydrogen (secondary N) is 2. The van der Waals surface area contributed by atoms with Crippen LogP contribution in [0.25, 0.3) is 10.4 Å². The number of benzene rings is 3. The highest BCUT2D eigenvalue weighted by molar-refractivity contribution is 7.90. The zero-order chi connectivity index (χ0) is 25.0. The quantitative estimate of drug-likeness (QED) is 0.290. The Labute approximate surface area is 212 Å². The summed E-state index contributed by atoms with van der Waals surface area (Å²) in [6, 6.07) is 21.2. The second-order valence-electron chi connectivity index (χ2n) is 7.73. The summed E-state index contributed by atoms with van der Waals surface area (Å²) in [5, 5.41) is 6.02. The van der Waals surface area contributed by atoms with Gasteiger partial charge in [-0.05, 0) is 54.4 Å². The fourth-order valence-electron chi connectivity index (χ4n) is 3.28. The number of thiazole rings is 1. The fourth-order valence-corrected chi connectivity index (χ4v) is 5.54. The van der Waals surface area contributed by atoms with E-state index in [9.17, 15) is 13.2 Å². The molecule has 4 aromatic rings. The van der Waals surface area contributed by atoms with Crippen molar-refractivity contribution in [3.8, 4) is 16.2 Å². The first kappa shape index (κ1) is 24.7. The molecule has 0 bridgehead atoms. The molecule has 3 aromatic carbocycles. The highest BCUT2D eigenvalue weighted by atomic mass is 35.5. The average Bonchev–Trinajstić information content (AvgIpc) is 3.18. The molecule has 10 heteroatoms. The van der Waals surface area contributed by atoms with E-state index in [0.717, 1.165) is 16.7 Å². The topological polar surface area (TPSA) is 97.4 Å². The van der Waals surface area contributed by atoms with Gasteiger partial charge in [0.1, 0.15) is 12.4 Å². The lowest BCUT2D eigenvalue weighted by Crippen LogP contribution is -2.19. The van der Waals surface area contributed by atoms with Gasteiger partial charge in [0.15, 0.2) is 15.0 Å². The maximum Gasteiger partial charge on any atom is 0.325 e. The molecule has 35 heavy (non-hydrogen) atoms. The second kappa shape index (κ2) is 10.5. The van der Waals surface area contributed by atoms with Crippen LogP contribution in [-0.2, 0) is 16.4 Å². The third-order valence-electron chi connectivity index (χ3n) is 4.97. The Morgan fingerprint density at radius 1 is 1.03 bits per heavy atom. The molecule has 0 saturated carbocycles. The summed E-state index contributed by atoms with van der Waals surface area (Å²) in [7, 11) is -3.48. The lowest BCUT2D eigenvalue weighted by molar-refractivity contribution is 0.262. The molecule has 2 amide bonds. The van der Waals surface area contributed by atoms with Crippen LogP contribution in [-0.4, -0.2) is 25.7 Å². The van der Waals surface area contributed by atoms with Crippen molar-refractivity contribution in [2.24, 2.45) is 0 Å². The Kier molecular flexibility index (Phi) is 7.39. The molecule has 0 aliphatic rings. The number of aryl methyl sites for hydroxylation is 1. The number of ether oxygens (including phenoxy) is 1. The van der Waals surface area contributed by atoms with Crippen molar-refractivity contribution in [1.82, 2.24) is 4.98 Å². The molecule has 7 nitrogen and oxygen atoms in total. The molecule has 180 valence electrons. The minimum absolute atomic E-state index is 0.0490. The molecule has 0 aliphatic carbocycles. The number of hydrogen-bond acceptors (Lipinski definition) is 6. The van der Waals surface area contributed by atoms with Crippen LogP contribution in [0.3, 0.4) is 0 Å². The predicted octanol–water partition coefficient (Wildman–Crippen LogP) is 6.40. The molecule has 1 aromatic heterocycles. The zero-order valence-corrected chi connectivity index (χ0v) is 21.3. The molecule has 0 spiro atoms. The number of hydrogen-bond donors (Lipinski definition) is 2. The summed E-state index contributed by atoms with van der Waals surface area (Å²) in [4.78, 5) is 17.7. The van der Waals surface area contributed by atoms with Crippen LogP contribution < -0.4 is 15.4 Å². The monoisotopic (exact) mass is 527 g/mol. The predicted molar refractivity (Wildman–Crippen MR) is 140 cm³/mol. The van der Waals surface area contributed by atoms with Gasteiger partial charge in [-0.25, -0.2) is 18.2 Å². The SMILES string of the molecule is Cc1nc(NC(=O)Nc2ccc(OCc3ccccc3)cc2)sc1-c1ccc(Cl)c(S(C)(=O)=O)c1. The number of halogens is 1. The largest absolute Gasteiger partial charge is 0.489 e. The Hall–Kier alpha value is -3.40. The number of carbonyl (C=O) groups excluding carboxylic acids is 1. The van der Waals surface area contributed by atoms with Crippen molar-refractivity contribution in [3.63, 3.8) is 0 Å². The standard InChI is InChI=1S/C25H22ClN3O4S2/c1-16-23(18-8-13-21(26)22(14-18)35(2,31)32)34-25(27-16)29-24(30)28-19-9-11-20(12-10-19)33-15-17-6-4-3-5-7-17/h3-14H,15H2,1-2H3,(H2,27,28,29,30). The number of anilines is 2. The zero-order valence-electron chi connectivity index (χ0n) is 18.9. The highest BCUT2D eigenvalue weighted by Gasteiger charge is 2.17. The van der Waals surface area contributed by atoms with Crippen LogP contribution in [0.4, 0.5) is 15.6 Å². The summed E-state index contributed by atoms with van der Waals surface area (Å²) in [6.45, 7) is 2.25. The van der Waals surface area contributed by atoms with Crippen molar-refractivity contribution in [3.05, 3.63) is 89.1 Å². The molecular formula is C25H22ClN3O4S2. The van der Waals surface area contributed by atoms with Gasteiger partial charge in [0.25, 0.3) is 0 Å². The van der Waals surface area contributed by atoms with Gasteiger partial charge in [0.2, 0.25) is 0 Å². The molecule has 0 atom stereocenters. The van der Waals surface area contributed by atoms with Gasteiger partial charge in [-0.15, -0.1) is 0 Å². The van der Waals surface area contributed by atoms with E-state index >= 15 is 0 Å². The number of nitrogens with zero attached hydrogens (tertiary/aromatic N) is 1.